The van der Waals surface area contributed by atoms with E-state index in [1.165, 1.54) is 17.1 Å². The average Bonchev–Trinajstić information content (AvgIpc) is 3.17. The Morgan fingerprint density at radius 2 is 1.97 bits per heavy atom. The zero-order valence-corrected chi connectivity index (χ0v) is 16.5. The van der Waals surface area contributed by atoms with Crippen molar-refractivity contribution in [1.29, 1.82) is 0 Å². The summed E-state index contributed by atoms with van der Waals surface area (Å²) in [4.78, 5) is 37.7. The molecule has 1 aliphatic heterocycles. The molecule has 29 heavy (non-hydrogen) atoms. The summed E-state index contributed by atoms with van der Waals surface area (Å²) in [5, 5.41) is 2.52. The minimum Gasteiger partial charge on any atom is -0.462 e. The highest BCUT2D eigenvalue weighted by Gasteiger charge is 2.32. The molecule has 3 rings (SSSR count). The van der Waals surface area contributed by atoms with Crippen LogP contribution in [0.1, 0.15) is 23.0 Å². The van der Waals surface area contributed by atoms with Crippen LogP contribution in [0, 0.1) is 0 Å². The highest BCUT2D eigenvalue weighted by molar-refractivity contribution is 7.80. The number of carbonyl (C=O) groups excluding carboxylic acids is 3. The van der Waals surface area contributed by atoms with Crippen LogP contribution < -0.4 is 5.32 Å². The van der Waals surface area contributed by atoms with Gasteiger partial charge in [-0.15, -0.1) is 6.58 Å². The van der Waals surface area contributed by atoms with Gasteiger partial charge in [0.15, 0.2) is 5.11 Å². The second-order valence-corrected chi connectivity index (χ2v) is 6.41. The van der Waals surface area contributed by atoms with Crippen molar-refractivity contribution < 1.29 is 23.5 Å². The Labute approximate surface area is 172 Å². The first-order chi connectivity index (χ1) is 13.9. The molecule has 0 spiro atoms. The summed E-state index contributed by atoms with van der Waals surface area (Å²) in [6, 6.07) is 10.1. The van der Waals surface area contributed by atoms with E-state index < -0.39 is 17.8 Å². The Morgan fingerprint density at radius 3 is 2.62 bits per heavy atom. The third-order valence-electron chi connectivity index (χ3n) is 4.09. The molecule has 1 N–H and O–H groups in total. The molecule has 0 aliphatic carbocycles. The van der Waals surface area contributed by atoms with Crippen LogP contribution >= 0.6 is 12.2 Å². The molecule has 0 atom stereocenters. The molecule has 1 aliphatic rings. The van der Waals surface area contributed by atoms with Crippen LogP contribution in [0.15, 0.2) is 59.0 Å². The third kappa shape index (κ3) is 4.33. The minimum atomic E-state index is -0.586. The highest BCUT2D eigenvalue weighted by atomic mass is 32.1. The summed E-state index contributed by atoms with van der Waals surface area (Å²) in [5.74, 6) is -0.645. The van der Waals surface area contributed by atoms with Crippen molar-refractivity contribution in [2.24, 2.45) is 0 Å². The molecule has 1 aromatic heterocycles. The van der Waals surface area contributed by atoms with Gasteiger partial charge < -0.3 is 9.15 Å². The molecule has 0 unspecified atom stereocenters. The van der Waals surface area contributed by atoms with Crippen molar-refractivity contribution in [3.05, 3.63) is 65.9 Å². The van der Waals surface area contributed by atoms with E-state index in [1.807, 2.05) is 0 Å². The van der Waals surface area contributed by atoms with Gasteiger partial charge in [0, 0.05) is 12.1 Å². The molecule has 1 aromatic carbocycles. The Balaban J connectivity index is 1.83. The summed E-state index contributed by atoms with van der Waals surface area (Å²) in [6.45, 7) is 5.82. The van der Waals surface area contributed by atoms with Gasteiger partial charge in [0.1, 0.15) is 17.1 Å². The molecule has 1 saturated heterocycles. The van der Waals surface area contributed by atoms with Crippen molar-refractivity contribution in [3.63, 3.8) is 0 Å². The molecule has 2 heterocycles. The number of hydrogen-bond acceptors (Lipinski definition) is 6. The predicted octanol–water partition coefficient (Wildman–Crippen LogP) is 2.94. The number of furan rings is 1. The van der Waals surface area contributed by atoms with Gasteiger partial charge in [-0.3, -0.25) is 19.8 Å². The van der Waals surface area contributed by atoms with Crippen LogP contribution in [0.5, 0.6) is 0 Å². The number of esters is 1. The largest absolute Gasteiger partial charge is 0.462 e. The molecular formula is C21H18N2O5S. The lowest BCUT2D eigenvalue weighted by atomic mass is 10.1. The lowest BCUT2D eigenvalue weighted by Crippen LogP contribution is -2.53. The summed E-state index contributed by atoms with van der Waals surface area (Å²) >= 11 is 5.02. The van der Waals surface area contributed by atoms with Crippen LogP contribution in [0.2, 0.25) is 0 Å². The Bertz CT molecular complexity index is 1020. The van der Waals surface area contributed by atoms with Gasteiger partial charge in [-0.05, 0) is 49.5 Å². The zero-order chi connectivity index (χ0) is 21.0. The molecular weight excluding hydrogens is 392 g/mol. The molecule has 0 bridgehead atoms. The first-order valence-corrected chi connectivity index (χ1v) is 9.22. The van der Waals surface area contributed by atoms with E-state index in [1.54, 1.807) is 43.3 Å². The maximum Gasteiger partial charge on any atom is 0.338 e. The van der Waals surface area contributed by atoms with Crippen LogP contribution in [0.25, 0.3) is 17.4 Å². The summed E-state index contributed by atoms with van der Waals surface area (Å²) in [5.41, 5.74) is 1.09. The van der Waals surface area contributed by atoms with E-state index in [0.29, 0.717) is 23.7 Å². The quantitative estimate of drug-likeness (QED) is 0.259. The van der Waals surface area contributed by atoms with Crippen LogP contribution in [-0.2, 0) is 14.3 Å². The average molecular weight is 410 g/mol. The van der Waals surface area contributed by atoms with Gasteiger partial charge in [0.25, 0.3) is 11.8 Å². The fourth-order valence-corrected chi connectivity index (χ4v) is 2.95. The molecule has 8 heteroatoms. The van der Waals surface area contributed by atoms with Crippen molar-refractivity contribution in [2.75, 3.05) is 13.2 Å². The van der Waals surface area contributed by atoms with Gasteiger partial charge in [0.05, 0.1) is 12.2 Å². The number of nitrogens with one attached hydrogen (secondary N) is 1. The molecule has 1 fully saturated rings. The Morgan fingerprint density at radius 1 is 1.24 bits per heavy atom. The predicted molar refractivity (Wildman–Crippen MR) is 111 cm³/mol. The number of carbonyl (C=O) groups is 3. The van der Waals surface area contributed by atoms with Crippen LogP contribution in [-0.4, -0.2) is 40.9 Å². The zero-order valence-electron chi connectivity index (χ0n) is 15.6. The van der Waals surface area contributed by atoms with E-state index >= 15 is 0 Å². The van der Waals surface area contributed by atoms with Gasteiger partial charge in [0.2, 0.25) is 0 Å². The number of nitrogens with zero attached hydrogens (tertiary/aromatic N) is 1. The highest BCUT2D eigenvalue weighted by Crippen LogP contribution is 2.25. The molecule has 2 amide bonds. The number of benzene rings is 1. The number of rotatable bonds is 6. The van der Waals surface area contributed by atoms with E-state index in [2.05, 4.69) is 11.9 Å². The SMILES string of the molecule is C=CCN1C(=O)/C(=C/c2ccc(-c3ccc(C(=O)OCC)cc3)o2)C(=O)NC1=S. The first-order valence-electron chi connectivity index (χ1n) is 8.81. The van der Waals surface area contributed by atoms with E-state index in [0.717, 1.165) is 5.56 Å². The summed E-state index contributed by atoms with van der Waals surface area (Å²) in [7, 11) is 0. The fraction of sp³-hybridized carbons (Fsp3) is 0.143. The molecule has 2 aromatic rings. The van der Waals surface area contributed by atoms with Gasteiger partial charge >= 0.3 is 5.97 Å². The van der Waals surface area contributed by atoms with Crippen LogP contribution in [0.4, 0.5) is 0 Å². The van der Waals surface area contributed by atoms with Crippen molar-refractivity contribution in [2.45, 2.75) is 6.92 Å². The maximum atomic E-state index is 12.5. The normalized spacial score (nSPS) is 15.4. The topological polar surface area (TPSA) is 88.8 Å². The monoisotopic (exact) mass is 410 g/mol. The third-order valence-corrected chi connectivity index (χ3v) is 4.41. The number of amides is 2. The Hall–Kier alpha value is -3.52. The van der Waals surface area contributed by atoms with Gasteiger partial charge in [-0.1, -0.05) is 18.2 Å². The number of thiocarbonyl (C=S) groups is 1. The second-order valence-electron chi connectivity index (χ2n) is 6.02. The molecule has 7 nitrogen and oxygen atoms in total. The standard InChI is InChI=1S/C21H18N2O5S/c1-3-11-23-19(25)16(18(24)22-21(23)29)12-15-9-10-17(28-15)13-5-7-14(8-6-13)20(26)27-4-2/h3,5-10,12H,1,4,11H2,2H3,(H,22,24,29)/b16-12+. The summed E-state index contributed by atoms with van der Waals surface area (Å²) < 4.78 is 10.7. The molecule has 148 valence electrons. The summed E-state index contributed by atoms with van der Waals surface area (Å²) in [6.07, 6.45) is 2.89. The van der Waals surface area contributed by atoms with Gasteiger partial charge in [-0.2, -0.15) is 0 Å². The lowest BCUT2D eigenvalue weighted by Gasteiger charge is -2.27. The molecule has 0 saturated carbocycles. The smallest absolute Gasteiger partial charge is 0.338 e. The van der Waals surface area contributed by atoms with Crippen molar-refractivity contribution in [1.82, 2.24) is 10.2 Å². The lowest BCUT2D eigenvalue weighted by molar-refractivity contribution is -0.128. The fourth-order valence-electron chi connectivity index (χ4n) is 2.70. The second kappa shape index (κ2) is 8.66. The van der Waals surface area contributed by atoms with Crippen molar-refractivity contribution in [3.8, 4) is 11.3 Å². The number of ether oxygens (including phenoxy) is 1. The maximum absolute atomic E-state index is 12.5. The van der Waals surface area contributed by atoms with E-state index in [-0.39, 0.29) is 17.2 Å². The minimum absolute atomic E-state index is 0.0406. The Kier molecular flexibility index (Phi) is 6.04. The van der Waals surface area contributed by atoms with E-state index in [9.17, 15) is 14.4 Å². The number of hydrogen-bond donors (Lipinski definition) is 1. The first kappa shape index (κ1) is 20.2. The van der Waals surface area contributed by atoms with Crippen LogP contribution in [0.3, 0.4) is 0 Å². The molecule has 0 radical (unpaired) electrons. The van der Waals surface area contributed by atoms with E-state index in [4.69, 9.17) is 21.4 Å². The van der Waals surface area contributed by atoms with Crippen molar-refractivity contribution >= 4 is 41.2 Å². The van der Waals surface area contributed by atoms with Gasteiger partial charge in [-0.25, -0.2) is 4.79 Å².